The number of amides is 1. The van der Waals surface area contributed by atoms with Gasteiger partial charge in [-0.05, 0) is 38.8 Å². The molecule has 0 spiro atoms. The molecule has 0 bridgehead atoms. The Labute approximate surface area is 147 Å². The van der Waals surface area contributed by atoms with Crippen molar-refractivity contribution < 1.29 is 19.4 Å². The Morgan fingerprint density at radius 2 is 1.92 bits per heavy atom. The molecule has 0 saturated carbocycles. The predicted molar refractivity (Wildman–Crippen MR) is 92.7 cm³/mol. The maximum Gasteiger partial charge on any atom is 0.308 e. The molecule has 2 aliphatic rings. The van der Waals surface area contributed by atoms with Gasteiger partial charge in [0.25, 0.3) is 5.91 Å². The highest BCUT2D eigenvalue weighted by Gasteiger charge is 2.29. The van der Waals surface area contributed by atoms with Crippen LogP contribution in [0.5, 0.6) is 0 Å². The summed E-state index contributed by atoms with van der Waals surface area (Å²) >= 11 is 0. The van der Waals surface area contributed by atoms with E-state index in [1.54, 1.807) is 17.2 Å². The first-order chi connectivity index (χ1) is 11.9. The summed E-state index contributed by atoms with van der Waals surface area (Å²) in [6, 6.07) is 3.64. The number of carbonyl (C=O) groups excluding carboxylic acids is 1. The topological polar surface area (TPSA) is 83.0 Å². The summed E-state index contributed by atoms with van der Waals surface area (Å²) in [7, 11) is 0. The number of hydrogen-bond acceptors (Lipinski definition) is 5. The van der Waals surface area contributed by atoms with Crippen molar-refractivity contribution in [1.82, 2.24) is 9.88 Å². The van der Waals surface area contributed by atoms with Gasteiger partial charge in [0.1, 0.15) is 5.82 Å². The minimum atomic E-state index is -0.832. The van der Waals surface area contributed by atoms with Crippen molar-refractivity contribution in [3.8, 4) is 0 Å². The predicted octanol–water partition coefficient (Wildman–Crippen LogP) is 1.63. The van der Waals surface area contributed by atoms with Gasteiger partial charge in [0.05, 0.1) is 23.7 Å². The van der Waals surface area contributed by atoms with Crippen LogP contribution in [0, 0.1) is 5.92 Å². The zero-order valence-electron chi connectivity index (χ0n) is 14.7. The zero-order valence-corrected chi connectivity index (χ0v) is 14.7. The number of anilines is 1. The van der Waals surface area contributed by atoms with Gasteiger partial charge in [0.15, 0.2) is 0 Å². The maximum atomic E-state index is 12.6. The third-order valence-corrected chi connectivity index (χ3v) is 4.80. The summed E-state index contributed by atoms with van der Waals surface area (Å²) < 4.78 is 5.73. The van der Waals surface area contributed by atoms with Gasteiger partial charge >= 0.3 is 5.97 Å². The molecule has 7 nitrogen and oxygen atoms in total. The van der Waals surface area contributed by atoms with E-state index in [4.69, 9.17) is 9.84 Å². The summed E-state index contributed by atoms with van der Waals surface area (Å²) in [6.07, 6.45) is 3.23. The molecule has 0 aliphatic carbocycles. The molecular weight excluding hydrogens is 322 g/mol. The van der Waals surface area contributed by atoms with Gasteiger partial charge in [0.2, 0.25) is 0 Å². The Kier molecular flexibility index (Phi) is 5.22. The number of hydrogen-bond donors (Lipinski definition) is 1. The number of piperidine rings is 1. The van der Waals surface area contributed by atoms with Gasteiger partial charge in [-0.15, -0.1) is 0 Å². The molecule has 0 aromatic carbocycles. The minimum Gasteiger partial charge on any atom is -0.481 e. The van der Waals surface area contributed by atoms with Crippen molar-refractivity contribution in [3.63, 3.8) is 0 Å². The summed E-state index contributed by atoms with van der Waals surface area (Å²) in [5.74, 6) is -0.614. The summed E-state index contributed by atoms with van der Waals surface area (Å²) in [5, 5.41) is 9.17. The van der Waals surface area contributed by atoms with E-state index in [-0.39, 0.29) is 24.7 Å². The second-order valence-electron chi connectivity index (χ2n) is 7.00. The van der Waals surface area contributed by atoms with E-state index < -0.39 is 11.9 Å². The van der Waals surface area contributed by atoms with Crippen LogP contribution < -0.4 is 4.90 Å². The number of rotatable bonds is 3. The van der Waals surface area contributed by atoms with Crippen molar-refractivity contribution in [2.45, 2.75) is 38.9 Å². The van der Waals surface area contributed by atoms with E-state index >= 15 is 0 Å². The fourth-order valence-electron chi connectivity index (χ4n) is 3.61. The van der Waals surface area contributed by atoms with Gasteiger partial charge in [-0.2, -0.15) is 0 Å². The normalized spacial score (nSPS) is 27.2. The molecule has 2 saturated heterocycles. The second kappa shape index (κ2) is 7.39. The van der Waals surface area contributed by atoms with Crippen LogP contribution in [0.25, 0.3) is 0 Å². The fourth-order valence-corrected chi connectivity index (χ4v) is 3.61. The van der Waals surface area contributed by atoms with Crippen LogP contribution in [0.1, 0.15) is 37.0 Å². The monoisotopic (exact) mass is 347 g/mol. The van der Waals surface area contributed by atoms with E-state index in [0.29, 0.717) is 18.5 Å². The molecule has 3 atom stereocenters. The average molecular weight is 347 g/mol. The Balaban J connectivity index is 1.67. The number of aromatic nitrogens is 1. The fraction of sp³-hybridized carbons (Fsp3) is 0.611. The van der Waals surface area contributed by atoms with Gasteiger partial charge in [-0.25, -0.2) is 4.98 Å². The van der Waals surface area contributed by atoms with Crippen LogP contribution in [0.15, 0.2) is 18.3 Å². The van der Waals surface area contributed by atoms with Crippen LogP contribution in [0.4, 0.5) is 5.82 Å². The van der Waals surface area contributed by atoms with Crippen LogP contribution >= 0.6 is 0 Å². The molecule has 0 radical (unpaired) electrons. The standard InChI is InChI=1S/C18H25N3O4/c1-12-9-21(10-13(2)25-12)16-6-5-14(8-19-16)17(22)20-7-3-4-15(11-20)18(23)24/h5-6,8,12-13,15H,3-4,7,9-11H2,1-2H3,(H,23,24). The number of likely N-dealkylation sites (tertiary alicyclic amines) is 1. The lowest BCUT2D eigenvalue weighted by molar-refractivity contribution is -0.143. The van der Waals surface area contributed by atoms with Crippen LogP contribution in [-0.4, -0.2) is 65.3 Å². The largest absolute Gasteiger partial charge is 0.481 e. The van der Waals surface area contributed by atoms with Crippen LogP contribution in [0.3, 0.4) is 0 Å². The van der Waals surface area contributed by atoms with E-state index in [9.17, 15) is 9.59 Å². The number of ether oxygens (including phenoxy) is 1. The molecule has 3 heterocycles. The quantitative estimate of drug-likeness (QED) is 0.895. The number of carboxylic acid groups (broad SMARTS) is 1. The van der Waals surface area contributed by atoms with E-state index in [0.717, 1.165) is 25.3 Å². The highest BCUT2D eigenvalue weighted by Crippen LogP contribution is 2.21. The van der Waals surface area contributed by atoms with Crippen LogP contribution in [0.2, 0.25) is 0 Å². The lowest BCUT2D eigenvalue weighted by Gasteiger charge is -2.36. The lowest BCUT2D eigenvalue weighted by Crippen LogP contribution is -2.46. The third kappa shape index (κ3) is 4.10. The van der Waals surface area contributed by atoms with Crippen molar-refractivity contribution >= 4 is 17.7 Å². The number of nitrogens with zero attached hydrogens (tertiary/aromatic N) is 3. The Morgan fingerprint density at radius 1 is 1.20 bits per heavy atom. The molecule has 7 heteroatoms. The molecule has 136 valence electrons. The molecule has 1 aromatic rings. The molecule has 2 fully saturated rings. The Morgan fingerprint density at radius 3 is 2.52 bits per heavy atom. The smallest absolute Gasteiger partial charge is 0.308 e. The molecule has 1 aromatic heterocycles. The summed E-state index contributed by atoms with van der Waals surface area (Å²) in [6.45, 7) is 6.50. The molecule has 3 rings (SSSR count). The van der Waals surface area contributed by atoms with Crippen molar-refractivity contribution in [3.05, 3.63) is 23.9 Å². The van der Waals surface area contributed by atoms with E-state index in [2.05, 4.69) is 9.88 Å². The Bertz CT molecular complexity index is 624. The average Bonchev–Trinajstić information content (AvgIpc) is 2.60. The summed E-state index contributed by atoms with van der Waals surface area (Å²) in [4.78, 5) is 32.0. The van der Waals surface area contributed by atoms with Gasteiger partial charge < -0.3 is 19.6 Å². The SMILES string of the molecule is CC1CN(c2ccc(C(=O)N3CCCC(C(=O)O)C3)cn2)CC(C)O1. The van der Waals surface area contributed by atoms with E-state index in [1.165, 1.54) is 0 Å². The first-order valence-corrected chi connectivity index (χ1v) is 8.82. The van der Waals surface area contributed by atoms with Gasteiger partial charge in [-0.1, -0.05) is 0 Å². The van der Waals surface area contributed by atoms with E-state index in [1.807, 2.05) is 19.9 Å². The number of morpholine rings is 1. The highest BCUT2D eigenvalue weighted by atomic mass is 16.5. The minimum absolute atomic E-state index is 0.145. The number of carbonyl (C=O) groups is 2. The molecule has 1 amide bonds. The first-order valence-electron chi connectivity index (χ1n) is 8.82. The number of aliphatic carboxylic acids is 1. The number of carboxylic acids is 1. The number of pyridine rings is 1. The van der Waals surface area contributed by atoms with Gasteiger partial charge in [-0.3, -0.25) is 9.59 Å². The molecule has 1 N–H and O–H groups in total. The van der Waals surface area contributed by atoms with Crippen LogP contribution in [-0.2, 0) is 9.53 Å². The molecule has 25 heavy (non-hydrogen) atoms. The lowest BCUT2D eigenvalue weighted by atomic mass is 9.98. The van der Waals surface area contributed by atoms with Crippen molar-refractivity contribution in [2.75, 3.05) is 31.1 Å². The highest BCUT2D eigenvalue weighted by molar-refractivity contribution is 5.94. The Hall–Kier alpha value is -2.15. The molecule has 2 aliphatic heterocycles. The molecule has 3 unspecified atom stereocenters. The van der Waals surface area contributed by atoms with Crippen molar-refractivity contribution in [2.24, 2.45) is 5.92 Å². The molecular formula is C18H25N3O4. The second-order valence-corrected chi connectivity index (χ2v) is 7.00. The summed E-state index contributed by atoms with van der Waals surface area (Å²) in [5.41, 5.74) is 0.504. The van der Waals surface area contributed by atoms with Gasteiger partial charge in [0, 0.05) is 32.4 Å². The zero-order chi connectivity index (χ0) is 18.0. The maximum absolute atomic E-state index is 12.6. The third-order valence-electron chi connectivity index (χ3n) is 4.80. The van der Waals surface area contributed by atoms with Crippen molar-refractivity contribution in [1.29, 1.82) is 0 Å². The first kappa shape index (κ1) is 17.7.